The SMILES string of the molecule is [N-]=[N+]=Nc1ccc(I)cc1COc1ccc(C(O)CCC(=O)O)cc1. The van der Waals surface area contributed by atoms with E-state index >= 15 is 0 Å². The zero-order valence-electron chi connectivity index (χ0n) is 13.2. The van der Waals surface area contributed by atoms with Crippen molar-refractivity contribution in [2.24, 2.45) is 5.11 Å². The van der Waals surface area contributed by atoms with Crippen LogP contribution in [0.2, 0.25) is 0 Å². The van der Waals surface area contributed by atoms with Crippen molar-refractivity contribution < 1.29 is 19.7 Å². The van der Waals surface area contributed by atoms with Gasteiger partial charge in [0.2, 0.25) is 0 Å². The molecule has 8 heteroatoms. The van der Waals surface area contributed by atoms with Gasteiger partial charge in [0.25, 0.3) is 0 Å². The molecule has 0 radical (unpaired) electrons. The number of aliphatic hydroxyl groups excluding tert-OH is 1. The number of carboxylic acid groups (broad SMARTS) is 1. The van der Waals surface area contributed by atoms with Gasteiger partial charge in [-0.3, -0.25) is 4.79 Å². The summed E-state index contributed by atoms with van der Waals surface area (Å²) < 4.78 is 6.71. The largest absolute Gasteiger partial charge is 0.489 e. The minimum atomic E-state index is -0.938. The van der Waals surface area contributed by atoms with Gasteiger partial charge in [-0.2, -0.15) is 0 Å². The molecule has 1 unspecified atom stereocenters. The van der Waals surface area contributed by atoms with Gasteiger partial charge in [0, 0.05) is 20.6 Å². The standard InChI is InChI=1S/C17H16IN3O4/c18-13-3-6-15(20-21-19)12(9-13)10-25-14-4-1-11(2-5-14)16(22)7-8-17(23)24/h1-6,9,16,22H,7-8,10H2,(H,23,24). The van der Waals surface area contributed by atoms with Crippen molar-refractivity contribution in [3.8, 4) is 5.75 Å². The fraction of sp³-hybridized carbons (Fsp3) is 0.235. The Balaban J connectivity index is 2.01. The molecule has 0 spiro atoms. The second-order valence-corrected chi connectivity index (χ2v) is 6.51. The van der Waals surface area contributed by atoms with Gasteiger partial charge in [-0.25, -0.2) is 0 Å². The summed E-state index contributed by atoms with van der Waals surface area (Å²) in [6.07, 6.45) is -0.751. The second-order valence-electron chi connectivity index (χ2n) is 5.27. The van der Waals surface area contributed by atoms with Crippen molar-refractivity contribution in [3.63, 3.8) is 0 Å². The molecule has 2 aromatic rings. The molecule has 25 heavy (non-hydrogen) atoms. The number of nitrogens with zero attached hydrogens (tertiary/aromatic N) is 3. The number of hydrogen-bond donors (Lipinski definition) is 2. The molecule has 0 bridgehead atoms. The number of hydrogen-bond acceptors (Lipinski definition) is 4. The number of aliphatic hydroxyl groups is 1. The number of benzene rings is 2. The number of rotatable bonds is 8. The lowest BCUT2D eigenvalue weighted by Gasteiger charge is -2.12. The summed E-state index contributed by atoms with van der Waals surface area (Å²) in [6.45, 7) is 0.242. The second kappa shape index (κ2) is 9.26. The van der Waals surface area contributed by atoms with Gasteiger partial charge in [-0.1, -0.05) is 23.3 Å². The number of azide groups is 1. The molecule has 0 aromatic heterocycles. The lowest BCUT2D eigenvalue weighted by Crippen LogP contribution is -2.02. The van der Waals surface area contributed by atoms with Crippen molar-refractivity contribution in [1.82, 2.24) is 0 Å². The first kappa shape index (κ1) is 19.0. The number of aliphatic carboxylic acids is 1. The van der Waals surface area contributed by atoms with Crippen molar-refractivity contribution in [2.45, 2.75) is 25.6 Å². The molecule has 0 aliphatic heterocycles. The van der Waals surface area contributed by atoms with Crippen LogP contribution in [0.3, 0.4) is 0 Å². The van der Waals surface area contributed by atoms with E-state index < -0.39 is 12.1 Å². The Hall–Kier alpha value is -2.29. The monoisotopic (exact) mass is 453 g/mol. The van der Waals surface area contributed by atoms with E-state index in [2.05, 4.69) is 32.6 Å². The summed E-state index contributed by atoms with van der Waals surface area (Å²) in [5.74, 6) is -0.340. The van der Waals surface area contributed by atoms with Gasteiger partial charge in [-0.05, 0) is 69.9 Å². The average Bonchev–Trinajstić information content (AvgIpc) is 2.60. The van der Waals surface area contributed by atoms with E-state index in [1.165, 1.54) is 0 Å². The molecule has 1 atom stereocenters. The molecule has 0 saturated carbocycles. The third-order valence-corrected chi connectivity index (χ3v) is 4.16. The fourth-order valence-electron chi connectivity index (χ4n) is 2.19. The lowest BCUT2D eigenvalue weighted by atomic mass is 10.0. The van der Waals surface area contributed by atoms with Crippen molar-refractivity contribution in [3.05, 3.63) is 67.6 Å². The summed E-state index contributed by atoms with van der Waals surface area (Å²) in [5, 5.41) is 22.2. The van der Waals surface area contributed by atoms with Crippen LogP contribution in [0, 0.1) is 3.57 Å². The van der Waals surface area contributed by atoms with Crippen LogP contribution in [0.4, 0.5) is 5.69 Å². The zero-order valence-corrected chi connectivity index (χ0v) is 15.3. The number of ether oxygens (including phenoxy) is 1. The highest BCUT2D eigenvalue weighted by atomic mass is 127. The van der Waals surface area contributed by atoms with Crippen molar-refractivity contribution >= 4 is 34.2 Å². The first-order valence-corrected chi connectivity index (χ1v) is 8.53. The predicted molar refractivity (Wildman–Crippen MR) is 101 cm³/mol. The maximum Gasteiger partial charge on any atom is 0.303 e. The van der Waals surface area contributed by atoms with Crippen molar-refractivity contribution in [1.29, 1.82) is 0 Å². The van der Waals surface area contributed by atoms with Gasteiger partial charge in [0.1, 0.15) is 12.4 Å². The van der Waals surface area contributed by atoms with Crippen LogP contribution < -0.4 is 4.74 Å². The maximum atomic E-state index is 10.5. The Kier molecular flexibility index (Phi) is 7.05. The van der Waals surface area contributed by atoms with Crippen molar-refractivity contribution in [2.75, 3.05) is 0 Å². The molecule has 0 saturated heterocycles. The number of halogens is 1. The normalized spacial score (nSPS) is 11.4. The van der Waals surface area contributed by atoms with E-state index in [4.69, 9.17) is 15.4 Å². The molecule has 0 fully saturated rings. The molecule has 2 N–H and O–H groups in total. The first-order valence-electron chi connectivity index (χ1n) is 7.45. The molecule has 0 aliphatic rings. The smallest absolute Gasteiger partial charge is 0.303 e. The molecular formula is C17H16IN3O4. The highest BCUT2D eigenvalue weighted by Gasteiger charge is 2.10. The molecule has 2 rings (SSSR count). The zero-order chi connectivity index (χ0) is 18.2. The summed E-state index contributed by atoms with van der Waals surface area (Å²) in [6, 6.07) is 12.3. The molecule has 0 amide bonds. The van der Waals surface area contributed by atoms with E-state index in [0.717, 1.165) is 9.13 Å². The molecule has 0 aliphatic carbocycles. The summed E-state index contributed by atoms with van der Waals surface area (Å²) >= 11 is 2.17. The summed E-state index contributed by atoms with van der Waals surface area (Å²) in [5.41, 5.74) is 10.5. The minimum absolute atomic E-state index is 0.0890. The molecule has 0 heterocycles. The Morgan fingerprint density at radius 1 is 1.28 bits per heavy atom. The maximum absolute atomic E-state index is 10.5. The topological polar surface area (TPSA) is 116 Å². The highest BCUT2D eigenvalue weighted by Crippen LogP contribution is 2.25. The van der Waals surface area contributed by atoms with E-state index in [-0.39, 0.29) is 19.4 Å². The number of carbonyl (C=O) groups is 1. The Morgan fingerprint density at radius 3 is 2.64 bits per heavy atom. The molecule has 7 nitrogen and oxygen atoms in total. The highest BCUT2D eigenvalue weighted by molar-refractivity contribution is 14.1. The third-order valence-electron chi connectivity index (χ3n) is 3.48. The Bertz CT molecular complexity index is 789. The molecule has 2 aromatic carbocycles. The van der Waals surface area contributed by atoms with Gasteiger partial charge in [0.05, 0.1) is 6.10 Å². The fourth-order valence-corrected chi connectivity index (χ4v) is 2.75. The minimum Gasteiger partial charge on any atom is -0.489 e. The first-order chi connectivity index (χ1) is 12.0. The van der Waals surface area contributed by atoms with Crippen LogP contribution in [0.1, 0.15) is 30.1 Å². The van der Waals surface area contributed by atoms with Crippen LogP contribution in [0.25, 0.3) is 10.4 Å². The summed E-state index contributed by atoms with van der Waals surface area (Å²) in [4.78, 5) is 13.4. The van der Waals surface area contributed by atoms with E-state index in [1.54, 1.807) is 30.3 Å². The van der Waals surface area contributed by atoms with Crippen LogP contribution in [0.15, 0.2) is 47.6 Å². The van der Waals surface area contributed by atoms with Gasteiger partial charge >= 0.3 is 5.97 Å². The summed E-state index contributed by atoms with van der Waals surface area (Å²) in [7, 11) is 0. The lowest BCUT2D eigenvalue weighted by molar-refractivity contribution is -0.137. The van der Waals surface area contributed by atoms with Crippen LogP contribution >= 0.6 is 22.6 Å². The predicted octanol–water partition coefficient (Wildman–Crippen LogP) is 4.71. The van der Waals surface area contributed by atoms with Gasteiger partial charge in [-0.15, -0.1) is 0 Å². The quantitative estimate of drug-likeness (QED) is 0.261. The van der Waals surface area contributed by atoms with E-state index in [1.807, 2.05) is 12.1 Å². The van der Waals surface area contributed by atoms with Crippen LogP contribution in [0.5, 0.6) is 5.75 Å². The van der Waals surface area contributed by atoms with Crippen LogP contribution in [-0.2, 0) is 11.4 Å². The molecular weight excluding hydrogens is 437 g/mol. The van der Waals surface area contributed by atoms with E-state index in [9.17, 15) is 9.90 Å². The van der Waals surface area contributed by atoms with Crippen LogP contribution in [-0.4, -0.2) is 16.2 Å². The Morgan fingerprint density at radius 2 is 2.00 bits per heavy atom. The average molecular weight is 453 g/mol. The van der Waals surface area contributed by atoms with E-state index in [0.29, 0.717) is 17.0 Å². The Labute approximate surface area is 158 Å². The molecule has 130 valence electrons. The third kappa shape index (κ3) is 5.93. The van der Waals surface area contributed by atoms with Gasteiger partial charge < -0.3 is 14.9 Å². The number of carboxylic acids is 1. The van der Waals surface area contributed by atoms with Gasteiger partial charge in [0.15, 0.2) is 0 Å².